The largest absolute Gasteiger partial charge is 0.356 e. The van der Waals surface area contributed by atoms with Gasteiger partial charge in [0.25, 0.3) is 0 Å². The fourth-order valence-corrected chi connectivity index (χ4v) is 2.29. The zero-order chi connectivity index (χ0) is 10.4. The van der Waals surface area contributed by atoms with Gasteiger partial charge in [-0.1, -0.05) is 13.3 Å². The van der Waals surface area contributed by atoms with Crippen LogP contribution in [0.15, 0.2) is 0 Å². The highest BCUT2D eigenvalue weighted by molar-refractivity contribution is 6.17. The number of halogens is 1. The van der Waals surface area contributed by atoms with Crippen LogP contribution in [0.2, 0.25) is 0 Å². The summed E-state index contributed by atoms with van der Waals surface area (Å²) in [4.78, 5) is 11.7. The third-order valence-corrected chi connectivity index (χ3v) is 3.33. The van der Waals surface area contributed by atoms with Crippen molar-refractivity contribution < 1.29 is 4.79 Å². The molecule has 0 saturated heterocycles. The maximum atomic E-state index is 11.7. The molecule has 1 fully saturated rings. The van der Waals surface area contributed by atoms with Gasteiger partial charge in [0.2, 0.25) is 5.91 Å². The van der Waals surface area contributed by atoms with E-state index in [0.717, 1.165) is 25.8 Å². The molecule has 2 unspecified atom stereocenters. The summed E-state index contributed by atoms with van der Waals surface area (Å²) < 4.78 is 0. The van der Waals surface area contributed by atoms with Crippen LogP contribution in [0, 0.1) is 11.8 Å². The Kier molecular flexibility index (Phi) is 5.31. The van der Waals surface area contributed by atoms with Crippen molar-refractivity contribution in [3.8, 4) is 0 Å². The first-order valence-electron chi connectivity index (χ1n) is 5.59. The molecule has 0 aromatic carbocycles. The summed E-state index contributed by atoms with van der Waals surface area (Å²) in [6, 6.07) is 0. The molecule has 1 rings (SSSR count). The molecule has 0 radical (unpaired) electrons. The summed E-state index contributed by atoms with van der Waals surface area (Å²) in [5, 5.41) is 2.99. The van der Waals surface area contributed by atoms with Crippen molar-refractivity contribution in [1.82, 2.24) is 5.32 Å². The molecule has 2 nitrogen and oxygen atoms in total. The summed E-state index contributed by atoms with van der Waals surface area (Å²) in [5.74, 6) is 1.79. The minimum absolute atomic E-state index is 0.254. The van der Waals surface area contributed by atoms with Gasteiger partial charge in [-0.05, 0) is 31.6 Å². The van der Waals surface area contributed by atoms with Crippen molar-refractivity contribution in [3.05, 3.63) is 0 Å². The molecule has 0 heterocycles. The number of carbonyl (C=O) groups excluding carboxylic acids is 1. The van der Waals surface area contributed by atoms with Crippen molar-refractivity contribution in [2.45, 2.75) is 39.0 Å². The fraction of sp³-hybridized carbons (Fsp3) is 0.909. The monoisotopic (exact) mass is 217 g/mol. The van der Waals surface area contributed by atoms with Crippen LogP contribution >= 0.6 is 11.6 Å². The smallest absolute Gasteiger partial charge is 0.223 e. The van der Waals surface area contributed by atoms with Crippen LogP contribution in [-0.2, 0) is 4.79 Å². The molecule has 0 spiro atoms. The van der Waals surface area contributed by atoms with Crippen molar-refractivity contribution >= 4 is 17.5 Å². The maximum absolute atomic E-state index is 11.7. The summed E-state index contributed by atoms with van der Waals surface area (Å²) in [6.07, 6.45) is 5.47. The molecule has 0 aromatic heterocycles. The van der Waals surface area contributed by atoms with E-state index in [-0.39, 0.29) is 11.8 Å². The molecule has 3 heteroatoms. The van der Waals surface area contributed by atoms with Crippen molar-refractivity contribution in [3.63, 3.8) is 0 Å². The van der Waals surface area contributed by atoms with Crippen LogP contribution in [0.5, 0.6) is 0 Å². The normalized spacial score (nSPS) is 26.4. The lowest BCUT2D eigenvalue weighted by molar-refractivity contribution is -0.125. The van der Waals surface area contributed by atoms with E-state index >= 15 is 0 Å². The van der Waals surface area contributed by atoms with Gasteiger partial charge >= 0.3 is 0 Å². The predicted octanol–water partition coefficient (Wildman–Crippen LogP) is 2.56. The molecular formula is C11H20ClNO. The highest BCUT2D eigenvalue weighted by Crippen LogP contribution is 2.30. The average Bonchev–Trinajstić information content (AvgIpc) is 2.59. The summed E-state index contributed by atoms with van der Waals surface area (Å²) >= 11 is 5.55. The SMILES string of the molecule is CC1CCCC1C(=O)NCCCCCl. The third-order valence-electron chi connectivity index (χ3n) is 3.06. The van der Waals surface area contributed by atoms with Crippen LogP contribution < -0.4 is 5.32 Å². The van der Waals surface area contributed by atoms with Gasteiger partial charge in [0.05, 0.1) is 0 Å². The van der Waals surface area contributed by atoms with E-state index in [9.17, 15) is 4.79 Å². The zero-order valence-corrected chi connectivity index (χ0v) is 9.65. The average molecular weight is 218 g/mol. The lowest BCUT2D eigenvalue weighted by Gasteiger charge is -2.14. The van der Waals surface area contributed by atoms with Gasteiger partial charge in [-0.2, -0.15) is 0 Å². The number of carbonyl (C=O) groups is 1. The molecular weight excluding hydrogens is 198 g/mol. The van der Waals surface area contributed by atoms with E-state index in [0.29, 0.717) is 11.8 Å². The summed E-state index contributed by atoms with van der Waals surface area (Å²) in [7, 11) is 0. The Balaban J connectivity index is 2.14. The Hall–Kier alpha value is -0.240. The predicted molar refractivity (Wildman–Crippen MR) is 59.5 cm³/mol. The van der Waals surface area contributed by atoms with E-state index < -0.39 is 0 Å². The van der Waals surface area contributed by atoms with Crippen LogP contribution in [0.1, 0.15) is 39.0 Å². The maximum Gasteiger partial charge on any atom is 0.223 e. The highest BCUT2D eigenvalue weighted by Gasteiger charge is 2.29. The van der Waals surface area contributed by atoms with Crippen LogP contribution in [0.3, 0.4) is 0 Å². The fourth-order valence-electron chi connectivity index (χ4n) is 2.10. The van der Waals surface area contributed by atoms with Crippen LogP contribution in [0.25, 0.3) is 0 Å². The Morgan fingerprint density at radius 3 is 2.79 bits per heavy atom. The van der Waals surface area contributed by atoms with Gasteiger partial charge in [-0.15, -0.1) is 11.6 Å². The van der Waals surface area contributed by atoms with E-state index in [2.05, 4.69) is 12.2 Å². The molecule has 1 N–H and O–H groups in total. The van der Waals surface area contributed by atoms with E-state index in [4.69, 9.17) is 11.6 Å². The lowest BCUT2D eigenvalue weighted by atomic mass is 9.97. The first kappa shape index (κ1) is 11.8. The van der Waals surface area contributed by atoms with Crippen molar-refractivity contribution in [2.24, 2.45) is 11.8 Å². The van der Waals surface area contributed by atoms with E-state index in [1.54, 1.807) is 0 Å². The van der Waals surface area contributed by atoms with Crippen LogP contribution in [-0.4, -0.2) is 18.3 Å². The highest BCUT2D eigenvalue weighted by atomic mass is 35.5. The number of hydrogen-bond donors (Lipinski definition) is 1. The minimum Gasteiger partial charge on any atom is -0.356 e. The van der Waals surface area contributed by atoms with Gasteiger partial charge in [0.1, 0.15) is 0 Å². The summed E-state index contributed by atoms with van der Waals surface area (Å²) in [5.41, 5.74) is 0. The number of rotatable bonds is 5. The number of amides is 1. The van der Waals surface area contributed by atoms with E-state index in [1.165, 1.54) is 12.8 Å². The first-order valence-corrected chi connectivity index (χ1v) is 6.13. The van der Waals surface area contributed by atoms with Gasteiger partial charge < -0.3 is 5.32 Å². The van der Waals surface area contributed by atoms with Crippen LogP contribution in [0.4, 0.5) is 0 Å². The topological polar surface area (TPSA) is 29.1 Å². The second kappa shape index (κ2) is 6.28. The molecule has 82 valence electrons. The molecule has 1 aliphatic rings. The Labute approximate surface area is 91.4 Å². The molecule has 0 aliphatic heterocycles. The molecule has 0 aromatic rings. The Bertz CT molecular complexity index is 184. The van der Waals surface area contributed by atoms with Crippen molar-refractivity contribution in [2.75, 3.05) is 12.4 Å². The minimum atomic E-state index is 0.254. The molecule has 0 bridgehead atoms. The molecule has 1 amide bonds. The van der Waals surface area contributed by atoms with Gasteiger partial charge in [0, 0.05) is 18.3 Å². The standard InChI is InChI=1S/C11H20ClNO/c1-9-5-4-6-10(9)11(14)13-8-3-2-7-12/h9-10H,2-8H2,1H3,(H,13,14). The van der Waals surface area contributed by atoms with Gasteiger partial charge in [-0.3, -0.25) is 4.79 Å². The van der Waals surface area contributed by atoms with Gasteiger partial charge in [-0.25, -0.2) is 0 Å². The first-order chi connectivity index (χ1) is 6.75. The van der Waals surface area contributed by atoms with E-state index in [1.807, 2.05) is 0 Å². The second-order valence-electron chi connectivity index (χ2n) is 4.20. The Morgan fingerprint density at radius 2 is 2.21 bits per heavy atom. The second-order valence-corrected chi connectivity index (χ2v) is 4.58. The Morgan fingerprint density at radius 1 is 1.43 bits per heavy atom. The van der Waals surface area contributed by atoms with Gasteiger partial charge in [0.15, 0.2) is 0 Å². The molecule has 14 heavy (non-hydrogen) atoms. The lowest BCUT2D eigenvalue weighted by Crippen LogP contribution is -2.32. The molecule has 1 aliphatic carbocycles. The molecule has 1 saturated carbocycles. The summed E-state index contributed by atoms with van der Waals surface area (Å²) in [6.45, 7) is 2.96. The van der Waals surface area contributed by atoms with Crippen molar-refractivity contribution in [1.29, 1.82) is 0 Å². The zero-order valence-electron chi connectivity index (χ0n) is 8.89. The quantitative estimate of drug-likeness (QED) is 0.557. The third kappa shape index (κ3) is 3.49. The number of alkyl halides is 1. The number of nitrogens with one attached hydrogen (secondary N) is 1. The molecule has 2 atom stereocenters. The number of unbranched alkanes of at least 4 members (excludes halogenated alkanes) is 1. The number of hydrogen-bond acceptors (Lipinski definition) is 1.